The summed E-state index contributed by atoms with van der Waals surface area (Å²) in [5.74, 6) is 1.12. The predicted octanol–water partition coefficient (Wildman–Crippen LogP) is 3.31. The van der Waals surface area contributed by atoms with E-state index in [2.05, 4.69) is 68.6 Å². The number of halogens is 1. The van der Waals surface area contributed by atoms with Crippen LogP contribution in [0.25, 0.3) is 0 Å². The van der Waals surface area contributed by atoms with Gasteiger partial charge in [-0.3, -0.25) is 0 Å². The van der Waals surface area contributed by atoms with Gasteiger partial charge in [0.05, 0.1) is 0 Å². The molecule has 1 atom stereocenters. The summed E-state index contributed by atoms with van der Waals surface area (Å²) < 4.78 is 3.36. The Labute approximate surface area is 128 Å². The molecule has 1 aromatic heterocycles. The largest absolute Gasteiger partial charge is 0.338 e. The molecule has 1 unspecified atom stereocenters. The summed E-state index contributed by atoms with van der Waals surface area (Å²) in [5, 5.41) is 3.61. The topological polar surface area (TPSA) is 29.9 Å². The number of hydrogen-bond donors (Lipinski definition) is 1. The fourth-order valence-corrected chi connectivity index (χ4v) is 2.46. The number of nitrogens with zero attached hydrogens (tertiary/aromatic N) is 2. The van der Waals surface area contributed by atoms with Crippen molar-refractivity contribution < 1.29 is 0 Å². The van der Waals surface area contributed by atoms with E-state index in [0.717, 1.165) is 25.2 Å². The number of imidazole rings is 1. The zero-order valence-electron chi connectivity index (χ0n) is 11.4. The predicted molar refractivity (Wildman–Crippen MR) is 87.1 cm³/mol. The van der Waals surface area contributed by atoms with Crippen molar-refractivity contribution in [2.24, 2.45) is 7.05 Å². The lowest BCUT2D eigenvalue weighted by Crippen LogP contribution is -2.25. The van der Waals surface area contributed by atoms with Crippen molar-refractivity contribution in [3.8, 4) is 0 Å². The first kappa shape index (κ1) is 14.5. The van der Waals surface area contributed by atoms with Gasteiger partial charge >= 0.3 is 0 Å². The van der Waals surface area contributed by atoms with Crippen molar-refractivity contribution in [1.29, 1.82) is 0 Å². The van der Waals surface area contributed by atoms with E-state index in [-0.39, 0.29) is 0 Å². The third-order valence-corrected chi connectivity index (χ3v) is 3.94. The van der Waals surface area contributed by atoms with E-state index in [9.17, 15) is 0 Å². The molecule has 4 heteroatoms. The first-order valence-corrected chi connectivity index (χ1v) is 7.73. The molecule has 2 rings (SSSR count). The van der Waals surface area contributed by atoms with Crippen LogP contribution in [0.5, 0.6) is 0 Å². The Morgan fingerprint density at radius 2 is 2.05 bits per heavy atom. The number of benzene rings is 1. The zero-order chi connectivity index (χ0) is 13.7. The molecule has 0 fully saturated rings. The van der Waals surface area contributed by atoms with Crippen molar-refractivity contribution in [2.75, 3.05) is 6.54 Å². The lowest BCUT2D eigenvalue weighted by molar-refractivity contribution is 0.512. The van der Waals surface area contributed by atoms with E-state index in [0.29, 0.717) is 6.04 Å². The van der Waals surface area contributed by atoms with Crippen LogP contribution in [0, 0.1) is 3.57 Å². The van der Waals surface area contributed by atoms with E-state index in [1.165, 1.54) is 9.13 Å². The first-order chi connectivity index (χ1) is 9.20. The molecule has 3 nitrogen and oxygen atoms in total. The third-order valence-electron chi connectivity index (χ3n) is 3.22. The molecule has 1 heterocycles. The summed E-state index contributed by atoms with van der Waals surface area (Å²) in [6.45, 7) is 3.22. The highest BCUT2D eigenvalue weighted by molar-refractivity contribution is 14.1. The molecule has 19 heavy (non-hydrogen) atoms. The van der Waals surface area contributed by atoms with Crippen molar-refractivity contribution in [3.63, 3.8) is 0 Å². The number of rotatable bonds is 6. The molecule has 0 amide bonds. The Morgan fingerprint density at radius 3 is 2.63 bits per heavy atom. The maximum absolute atomic E-state index is 4.43. The minimum absolute atomic E-state index is 0.332. The van der Waals surface area contributed by atoms with E-state index in [4.69, 9.17) is 0 Å². The van der Waals surface area contributed by atoms with Crippen molar-refractivity contribution in [1.82, 2.24) is 14.9 Å². The molecular weight excluding hydrogens is 349 g/mol. The Kier molecular flexibility index (Phi) is 5.39. The second-order valence-electron chi connectivity index (χ2n) is 4.72. The average molecular weight is 369 g/mol. The molecule has 1 aromatic carbocycles. The quantitative estimate of drug-likeness (QED) is 0.792. The van der Waals surface area contributed by atoms with Crippen molar-refractivity contribution in [3.05, 3.63) is 51.6 Å². The van der Waals surface area contributed by atoms with Gasteiger partial charge in [-0.2, -0.15) is 0 Å². The van der Waals surface area contributed by atoms with Crippen LogP contribution in [0.1, 0.15) is 30.8 Å². The molecule has 0 bridgehead atoms. The normalized spacial score (nSPS) is 12.6. The van der Waals surface area contributed by atoms with Crippen LogP contribution in [0.4, 0.5) is 0 Å². The molecule has 2 aromatic rings. The highest BCUT2D eigenvalue weighted by Crippen LogP contribution is 2.19. The number of nitrogens with one attached hydrogen (secondary N) is 1. The molecule has 0 aliphatic heterocycles. The molecule has 1 N–H and O–H groups in total. The van der Waals surface area contributed by atoms with Crippen LogP contribution in [0.2, 0.25) is 0 Å². The van der Waals surface area contributed by atoms with E-state index >= 15 is 0 Å². The Hall–Kier alpha value is -0.880. The molecule has 0 aliphatic rings. The van der Waals surface area contributed by atoms with Crippen LogP contribution in [-0.4, -0.2) is 16.1 Å². The number of aromatic nitrogens is 2. The summed E-state index contributed by atoms with van der Waals surface area (Å²) in [6.07, 6.45) is 5.92. The summed E-state index contributed by atoms with van der Waals surface area (Å²) in [7, 11) is 2.05. The second-order valence-corrected chi connectivity index (χ2v) is 5.96. The van der Waals surface area contributed by atoms with Gasteiger partial charge in [0.2, 0.25) is 0 Å². The molecular formula is C15H20IN3. The molecule has 102 valence electrons. The maximum atomic E-state index is 4.43. The van der Waals surface area contributed by atoms with Gasteiger partial charge in [-0.05, 0) is 53.3 Å². The second kappa shape index (κ2) is 7.05. The first-order valence-electron chi connectivity index (χ1n) is 6.65. The van der Waals surface area contributed by atoms with Crippen molar-refractivity contribution in [2.45, 2.75) is 25.8 Å². The zero-order valence-corrected chi connectivity index (χ0v) is 13.6. The van der Waals surface area contributed by atoms with Gasteiger partial charge in [0.15, 0.2) is 0 Å². The number of aryl methyl sites for hydroxylation is 1. The number of hydrogen-bond acceptors (Lipinski definition) is 2. The highest BCUT2D eigenvalue weighted by atomic mass is 127. The Morgan fingerprint density at radius 1 is 1.32 bits per heavy atom. The fraction of sp³-hybridized carbons (Fsp3) is 0.400. The molecule has 0 aliphatic carbocycles. The standard InChI is InChI=1S/C15H20IN3/c1-3-8-17-14(11-15-18-9-10-19(15)2)12-4-6-13(16)7-5-12/h4-7,9-10,14,17H,3,8,11H2,1-2H3. The van der Waals surface area contributed by atoms with Crippen LogP contribution in [-0.2, 0) is 13.5 Å². The van der Waals surface area contributed by atoms with E-state index in [1.807, 2.05) is 19.4 Å². The molecule has 0 saturated heterocycles. The maximum Gasteiger partial charge on any atom is 0.110 e. The fourth-order valence-electron chi connectivity index (χ4n) is 2.10. The van der Waals surface area contributed by atoms with E-state index in [1.54, 1.807) is 0 Å². The smallest absolute Gasteiger partial charge is 0.110 e. The average Bonchev–Trinajstić information content (AvgIpc) is 2.81. The SMILES string of the molecule is CCCNC(Cc1nccn1C)c1ccc(I)cc1. The van der Waals surface area contributed by atoms with Gasteiger partial charge in [0.1, 0.15) is 5.82 Å². The van der Waals surface area contributed by atoms with Crippen LogP contribution in [0.15, 0.2) is 36.7 Å². The van der Waals surface area contributed by atoms with Gasteiger partial charge < -0.3 is 9.88 Å². The Balaban J connectivity index is 2.15. The van der Waals surface area contributed by atoms with Gasteiger partial charge in [-0.15, -0.1) is 0 Å². The van der Waals surface area contributed by atoms with Gasteiger partial charge in [0.25, 0.3) is 0 Å². The monoisotopic (exact) mass is 369 g/mol. The lowest BCUT2D eigenvalue weighted by Gasteiger charge is -2.19. The van der Waals surface area contributed by atoms with Gasteiger partial charge in [0, 0.05) is 35.5 Å². The van der Waals surface area contributed by atoms with Crippen LogP contribution in [0.3, 0.4) is 0 Å². The van der Waals surface area contributed by atoms with Crippen LogP contribution < -0.4 is 5.32 Å². The molecule has 0 saturated carbocycles. The molecule has 0 radical (unpaired) electrons. The minimum atomic E-state index is 0.332. The lowest BCUT2D eigenvalue weighted by atomic mass is 10.0. The molecule has 0 spiro atoms. The summed E-state index contributed by atoms with van der Waals surface area (Å²) >= 11 is 2.34. The third kappa shape index (κ3) is 4.04. The summed E-state index contributed by atoms with van der Waals surface area (Å²) in [4.78, 5) is 4.43. The van der Waals surface area contributed by atoms with Crippen molar-refractivity contribution >= 4 is 22.6 Å². The van der Waals surface area contributed by atoms with E-state index < -0.39 is 0 Å². The van der Waals surface area contributed by atoms with Crippen LogP contribution >= 0.6 is 22.6 Å². The minimum Gasteiger partial charge on any atom is -0.338 e. The highest BCUT2D eigenvalue weighted by Gasteiger charge is 2.13. The van der Waals surface area contributed by atoms with Gasteiger partial charge in [-0.25, -0.2) is 4.98 Å². The Bertz CT molecular complexity index is 504. The van der Waals surface area contributed by atoms with Gasteiger partial charge in [-0.1, -0.05) is 19.1 Å². The summed E-state index contributed by atoms with van der Waals surface area (Å²) in [6, 6.07) is 9.07. The summed E-state index contributed by atoms with van der Waals surface area (Å²) in [5.41, 5.74) is 1.33.